The first-order valence-electron chi connectivity index (χ1n) is 7.74. The monoisotopic (exact) mass is 312 g/mol. The molecule has 3 aromatic rings. The average molecular weight is 312 g/mol. The van der Waals surface area contributed by atoms with Crippen LogP contribution in [0.4, 0.5) is 0 Å². The van der Waals surface area contributed by atoms with Gasteiger partial charge in [-0.1, -0.05) is 26.0 Å². The first-order valence-corrected chi connectivity index (χ1v) is 7.74. The fourth-order valence-corrected chi connectivity index (χ4v) is 2.64. The number of aryl methyl sites for hydroxylation is 1. The summed E-state index contributed by atoms with van der Waals surface area (Å²) in [5.74, 6) is 2.02. The molecule has 0 fully saturated rings. The van der Waals surface area contributed by atoms with E-state index in [9.17, 15) is 4.79 Å². The molecule has 0 amide bonds. The summed E-state index contributed by atoms with van der Waals surface area (Å²) in [6.45, 7) is 8.36. The Kier molecular flexibility index (Phi) is 3.90. The Morgan fingerprint density at radius 3 is 2.70 bits per heavy atom. The van der Waals surface area contributed by atoms with Crippen LogP contribution in [-0.2, 0) is 0 Å². The Labute approximate surface area is 134 Å². The van der Waals surface area contributed by atoms with Gasteiger partial charge in [-0.25, -0.2) is 19.2 Å². The summed E-state index contributed by atoms with van der Waals surface area (Å²) in [5.41, 5.74) is 1.95. The van der Waals surface area contributed by atoms with Crippen molar-refractivity contribution in [3.63, 3.8) is 0 Å². The van der Waals surface area contributed by atoms with Gasteiger partial charge in [0.1, 0.15) is 17.4 Å². The molecule has 2 aromatic heterocycles. The first kappa shape index (κ1) is 15.3. The molecule has 2 heterocycles. The van der Waals surface area contributed by atoms with Crippen molar-refractivity contribution in [3.05, 3.63) is 46.3 Å². The van der Waals surface area contributed by atoms with Crippen molar-refractivity contribution in [3.8, 4) is 17.1 Å². The Morgan fingerprint density at radius 1 is 1.26 bits per heavy atom. The zero-order valence-electron chi connectivity index (χ0n) is 13.8. The van der Waals surface area contributed by atoms with Crippen molar-refractivity contribution in [1.82, 2.24) is 19.4 Å². The number of nitrogens with one attached hydrogen (secondary N) is 1. The fourth-order valence-electron chi connectivity index (χ4n) is 2.64. The third kappa shape index (κ3) is 2.60. The highest BCUT2D eigenvalue weighted by molar-refractivity contribution is 5.66. The Morgan fingerprint density at radius 2 is 2.00 bits per heavy atom. The fraction of sp³-hybridized carbons (Fsp3) is 0.353. The third-order valence-electron chi connectivity index (χ3n) is 3.68. The largest absolute Gasteiger partial charge is 0.493 e. The van der Waals surface area contributed by atoms with Crippen LogP contribution in [0.3, 0.4) is 0 Å². The molecule has 0 aliphatic rings. The van der Waals surface area contributed by atoms with Crippen LogP contribution < -0.4 is 10.4 Å². The number of para-hydroxylation sites is 1. The van der Waals surface area contributed by atoms with Gasteiger partial charge in [0.25, 0.3) is 0 Å². The minimum Gasteiger partial charge on any atom is -0.493 e. The smallest absolute Gasteiger partial charge is 0.334 e. The number of imidazole rings is 1. The number of nitrogens with zero attached hydrogens (tertiary/aromatic N) is 3. The van der Waals surface area contributed by atoms with Crippen molar-refractivity contribution in [2.24, 2.45) is 0 Å². The van der Waals surface area contributed by atoms with E-state index >= 15 is 0 Å². The summed E-state index contributed by atoms with van der Waals surface area (Å²) in [7, 11) is 0. The van der Waals surface area contributed by atoms with Crippen LogP contribution in [0.25, 0.3) is 17.0 Å². The molecule has 0 radical (unpaired) electrons. The molecule has 1 N–H and O–H groups in total. The molecule has 0 aliphatic carbocycles. The van der Waals surface area contributed by atoms with Crippen LogP contribution in [0.15, 0.2) is 29.1 Å². The lowest BCUT2D eigenvalue weighted by Gasteiger charge is -2.10. The minimum atomic E-state index is -0.242. The maximum Gasteiger partial charge on any atom is 0.334 e. The molecular weight excluding hydrogens is 292 g/mol. The summed E-state index contributed by atoms with van der Waals surface area (Å²) >= 11 is 0. The van der Waals surface area contributed by atoms with Gasteiger partial charge in [0, 0.05) is 0 Å². The van der Waals surface area contributed by atoms with Gasteiger partial charge < -0.3 is 4.74 Å². The molecule has 0 bridgehead atoms. The van der Waals surface area contributed by atoms with Gasteiger partial charge in [0.15, 0.2) is 5.65 Å². The van der Waals surface area contributed by atoms with E-state index in [1.807, 2.05) is 52.0 Å². The van der Waals surface area contributed by atoms with Gasteiger partial charge in [0.05, 0.1) is 17.9 Å². The Bertz CT molecular complexity index is 909. The van der Waals surface area contributed by atoms with Crippen molar-refractivity contribution in [1.29, 1.82) is 0 Å². The molecule has 3 rings (SSSR count). The summed E-state index contributed by atoms with van der Waals surface area (Å²) in [4.78, 5) is 24.5. The van der Waals surface area contributed by atoms with Crippen molar-refractivity contribution in [2.75, 3.05) is 6.61 Å². The predicted octanol–water partition coefficient (Wildman–Crippen LogP) is 2.92. The van der Waals surface area contributed by atoms with Gasteiger partial charge in [-0.3, -0.25) is 4.98 Å². The Balaban J connectivity index is 2.28. The molecule has 23 heavy (non-hydrogen) atoms. The van der Waals surface area contributed by atoms with Gasteiger partial charge in [-0.05, 0) is 31.9 Å². The topological polar surface area (TPSA) is 72.3 Å². The predicted molar refractivity (Wildman–Crippen MR) is 89.0 cm³/mol. The van der Waals surface area contributed by atoms with Gasteiger partial charge in [0.2, 0.25) is 0 Å². The van der Waals surface area contributed by atoms with E-state index in [-0.39, 0.29) is 11.6 Å². The number of fused-ring (bicyclic) bond motifs is 1. The number of rotatable bonds is 4. The van der Waals surface area contributed by atoms with E-state index in [1.54, 1.807) is 0 Å². The number of aromatic nitrogens is 4. The average Bonchev–Trinajstić information content (AvgIpc) is 2.86. The standard InChI is InChI=1S/C17H20N4O2/c1-5-23-13-9-7-6-8-12(13)15-19-16-14(10(2)3)18-11(4)21(16)17(22)20-15/h6-10H,5H2,1-4H3,(H,19,20,22). The summed E-state index contributed by atoms with van der Waals surface area (Å²) in [6.07, 6.45) is 0. The Hall–Kier alpha value is -2.63. The molecular formula is C17H20N4O2. The third-order valence-corrected chi connectivity index (χ3v) is 3.68. The molecule has 0 unspecified atom stereocenters. The molecule has 120 valence electrons. The summed E-state index contributed by atoms with van der Waals surface area (Å²) < 4.78 is 7.16. The van der Waals surface area contributed by atoms with Crippen LogP contribution in [0.5, 0.6) is 5.75 Å². The SMILES string of the molecule is CCOc1ccccc1-c1nc2c(C(C)C)nc(C)n2c(=O)[nH]1. The van der Waals surface area contributed by atoms with E-state index in [4.69, 9.17) is 4.74 Å². The molecule has 0 atom stereocenters. The number of hydrogen-bond donors (Lipinski definition) is 1. The van der Waals surface area contributed by atoms with E-state index < -0.39 is 0 Å². The lowest BCUT2D eigenvalue weighted by molar-refractivity contribution is 0.341. The second-order valence-corrected chi connectivity index (χ2v) is 5.68. The quantitative estimate of drug-likeness (QED) is 0.804. The molecule has 0 spiro atoms. The van der Waals surface area contributed by atoms with Gasteiger partial charge in [-0.2, -0.15) is 0 Å². The van der Waals surface area contributed by atoms with Crippen LogP contribution in [0.2, 0.25) is 0 Å². The first-order chi connectivity index (χ1) is 11.0. The highest BCUT2D eigenvalue weighted by Crippen LogP contribution is 2.28. The molecule has 6 heteroatoms. The number of H-pyrrole nitrogens is 1. The minimum absolute atomic E-state index is 0.183. The second-order valence-electron chi connectivity index (χ2n) is 5.68. The number of aromatic amines is 1. The zero-order chi connectivity index (χ0) is 16.6. The summed E-state index contributed by atoms with van der Waals surface area (Å²) in [6, 6.07) is 7.55. The maximum absolute atomic E-state index is 12.5. The zero-order valence-corrected chi connectivity index (χ0v) is 13.8. The molecule has 0 aliphatic heterocycles. The van der Waals surface area contributed by atoms with Crippen molar-refractivity contribution < 1.29 is 4.74 Å². The van der Waals surface area contributed by atoms with Crippen LogP contribution in [-0.4, -0.2) is 26.0 Å². The molecule has 0 saturated heterocycles. The number of ether oxygens (including phenoxy) is 1. The van der Waals surface area contributed by atoms with Crippen LogP contribution >= 0.6 is 0 Å². The molecule has 1 aromatic carbocycles. The highest BCUT2D eigenvalue weighted by Gasteiger charge is 2.17. The van der Waals surface area contributed by atoms with Gasteiger partial charge in [-0.15, -0.1) is 0 Å². The lowest BCUT2D eigenvalue weighted by Crippen LogP contribution is -2.19. The van der Waals surface area contributed by atoms with Crippen molar-refractivity contribution in [2.45, 2.75) is 33.6 Å². The molecule has 6 nitrogen and oxygen atoms in total. The number of hydrogen-bond acceptors (Lipinski definition) is 4. The van der Waals surface area contributed by atoms with Crippen LogP contribution in [0, 0.1) is 6.92 Å². The highest BCUT2D eigenvalue weighted by atomic mass is 16.5. The van der Waals surface area contributed by atoms with E-state index in [0.29, 0.717) is 29.7 Å². The van der Waals surface area contributed by atoms with Crippen LogP contribution in [0.1, 0.15) is 38.2 Å². The lowest BCUT2D eigenvalue weighted by atomic mass is 10.1. The normalized spacial score (nSPS) is 11.3. The van der Waals surface area contributed by atoms with E-state index in [1.165, 1.54) is 4.40 Å². The van der Waals surface area contributed by atoms with E-state index in [2.05, 4.69) is 15.0 Å². The van der Waals surface area contributed by atoms with Crippen molar-refractivity contribution >= 4 is 5.65 Å². The van der Waals surface area contributed by atoms with E-state index in [0.717, 1.165) is 11.3 Å². The number of benzene rings is 1. The second kappa shape index (κ2) is 5.87. The van der Waals surface area contributed by atoms with Gasteiger partial charge >= 0.3 is 5.69 Å². The maximum atomic E-state index is 12.5. The molecule has 0 saturated carbocycles. The summed E-state index contributed by atoms with van der Waals surface area (Å²) in [5, 5.41) is 0.